The number of methoxy groups -OCH3 is 1. The number of nitrogens with one attached hydrogen (secondary N) is 1. The van der Waals surface area contributed by atoms with Crippen LogP contribution in [0.2, 0.25) is 0 Å². The van der Waals surface area contributed by atoms with Crippen molar-refractivity contribution in [3.63, 3.8) is 0 Å². The molecule has 3 rings (SSSR count). The molecule has 0 heterocycles. The fraction of sp³-hybridized carbons (Fsp3) is 0.387. The van der Waals surface area contributed by atoms with Crippen LogP contribution in [-0.2, 0) is 14.8 Å². The van der Waals surface area contributed by atoms with Crippen LogP contribution in [0.3, 0.4) is 0 Å². The maximum Gasteiger partial charge on any atom is 0.264 e. The van der Waals surface area contributed by atoms with E-state index in [1.807, 2.05) is 39.0 Å². The number of hydrogen-bond acceptors (Lipinski definition) is 4. The predicted molar refractivity (Wildman–Crippen MR) is 155 cm³/mol. The molecule has 0 fully saturated rings. The van der Waals surface area contributed by atoms with Crippen molar-refractivity contribution in [1.29, 1.82) is 0 Å². The number of rotatable bonds is 10. The Balaban J connectivity index is 1.93. The van der Waals surface area contributed by atoms with Gasteiger partial charge in [0.25, 0.3) is 10.0 Å². The van der Waals surface area contributed by atoms with Crippen LogP contribution < -0.4 is 14.4 Å². The molecule has 1 amide bonds. The van der Waals surface area contributed by atoms with E-state index in [2.05, 4.69) is 39.1 Å². The lowest BCUT2D eigenvalue weighted by Crippen LogP contribution is -2.41. The van der Waals surface area contributed by atoms with Gasteiger partial charge in [0.2, 0.25) is 5.91 Å². The Morgan fingerprint density at radius 2 is 1.47 bits per heavy atom. The molecule has 204 valence electrons. The molecule has 0 saturated carbocycles. The monoisotopic (exact) mass is 536 g/mol. The van der Waals surface area contributed by atoms with Crippen molar-refractivity contribution in [2.75, 3.05) is 18.0 Å². The summed E-state index contributed by atoms with van der Waals surface area (Å²) in [6, 6.07) is 17.7. The minimum atomic E-state index is -3.98. The Bertz CT molecular complexity index is 1360. The molecule has 0 radical (unpaired) electrons. The quantitative estimate of drug-likeness (QED) is 0.315. The van der Waals surface area contributed by atoms with E-state index in [0.29, 0.717) is 11.6 Å². The van der Waals surface area contributed by atoms with E-state index in [1.54, 1.807) is 43.5 Å². The van der Waals surface area contributed by atoms with Gasteiger partial charge in [-0.2, -0.15) is 0 Å². The molecular formula is C31H40N2O4S. The van der Waals surface area contributed by atoms with Crippen LogP contribution in [0.15, 0.2) is 65.6 Å². The Morgan fingerprint density at radius 3 is 2.00 bits per heavy atom. The zero-order chi connectivity index (χ0) is 28.2. The molecule has 38 heavy (non-hydrogen) atoms. The van der Waals surface area contributed by atoms with Crippen LogP contribution in [-0.4, -0.2) is 28.0 Å². The molecule has 0 aliphatic heterocycles. The molecule has 1 atom stereocenters. The Hall–Kier alpha value is -3.32. The van der Waals surface area contributed by atoms with Crippen LogP contribution in [0.5, 0.6) is 5.75 Å². The van der Waals surface area contributed by atoms with E-state index >= 15 is 0 Å². The number of anilines is 1. The van der Waals surface area contributed by atoms with Crippen molar-refractivity contribution in [3.05, 3.63) is 88.5 Å². The second kappa shape index (κ2) is 12.0. The fourth-order valence-electron chi connectivity index (χ4n) is 4.48. The molecule has 0 unspecified atom stereocenters. The van der Waals surface area contributed by atoms with Crippen molar-refractivity contribution in [1.82, 2.24) is 5.32 Å². The zero-order valence-corrected chi connectivity index (χ0v) is 24.5. The van der Waals surface area contributed by atoms with Crippen LogP contribution in [0.4, 0.5) is 5.69 Å². The number of carbonyl (C=O) groups is 1. The molecule has 0 bridgehead atoms. The van der Waals surface area contributed by atoms with E-state index in [0.717, 1.165) is 33.6 Å². The van der Waals surface area contributed by atoms with Gasteiger partial charge in [0.1, 0.15) is 12.3 Å². The normalized spacial score (nSPS) is 12.5. The van der Waals surface area contributed by atoms with Crippen LogP contribution in [0.1, 0.15) is 80.3 Å². The van der Waals surface area contributed by atoms with Crippen molar-refractivity contribution >= 4 is 21.6 Å². The average Bonchev–Trinajstić information content (AvgIpc) is 2.87. The summed E-state index contributed by atoms with van der Waals surface area (Å²) in [5.41, 5.74) is 5.52. The average molecular weight is 537 g/mol. The molecule has 0 aromatic heterocycles. The first kappa shape index (κ1) is 29.2. The topological polar surface area (TPSA) is 75.7 Å². The molecule has 1 N–H and O–H groups in total. The highest BCUT2D eigenvalue weighted by molar-refractivity contribution is 7.92. The molecule has 0 aliphatic rings. The first-order valence-corrected chi connectivity index (χ1v) is 14.5. The molecule has 3 aromatic carbocycles. The third-order valence-electron chi connectivity index (χ3n) is 6.83. The highest BCUT2D eigenvalue weighted by Gasteiger charge is 2.28. The van der Waals surface area contributed by atoms with E-state index in [4.69, 9.17) is 4.74 Å². The second-order valence-corrected chi connectivity index (χ2v) is 12.3. The maximum absolute atomic E-state index is 13.7. The summed E-state index contributed by atoms with van der Waals surface area (Å²) in [5.74, 6) is 0.984. The van der Waals surface area contributed by atoms with Gasteiger partial charge in [0.15, 0.2) is 0 Å². The summed E-state index contributed by atoms with van der Waals surface area (Å²) in [4.78, 5) is 13.5. The largest absolute Gasteiger partial charge is 0.496 e. The van der Waals surface area contributed by atoms with Gasteiger partial charge in [-0.15, -0.1) is 0 Å². The number of carbonyl (C=O) groups excluding carboxylic acids is 1. The molecule has 7 heteroatoms. The maximum atomic E-state index is 13.7. The van der Waals surface area contributed by atoms with E-state index in [-0.39, 0.29) is 29.3 Å². The number of sulfonamides is 1. The van der Waals surface area contributed by atoms with E-state index in [1.165, 1.54) is 4.31 Å². The van der Waals surface area contributed by atoms with Gasteiger partial charge < -0.3 is 10.1 Å². The summed E-state index contributed by atoms with van der Waals surface area (Å²) >= 11 is 0. The van der Waals surface area contributed by atoms with E-state index in [9.17, 15) is 13.2 Å². The summed E-state index contributed by atoms with van der Waals surface area (Å²) in [6.07, 6.45) is 0. The predicted octanol–water partition coefficient (Wildman–Crippen LogP) is 6.63. The summed E-state index contributed by atoms with van der Waals surface area (Å²) < 4.78 is 34.2. The van der Waals surface area contributed by atoms with Crippen molar-refractivity contribution in [2.24, 2.45) is 0 Å². The lowest BCUT2D eigenvalue weighted by molar-refractivity contribution is -0.120. The Morgan fingerprint density at radius 1 is 0.868 bits per heavy atom. The lowest BCUT2D eigenvalue weighted by Gasteiger charge is -2.26. The number of nitrogens with zero attached hydrogens (tertiary/aromatic N) is 1. The first-order valence-electron chi connectivity index (χ1n) is 13.0. The van der Waals surface area contributed by atoms with Gasteiger partial charge in [-0.25, -0.2) is 8.42 Å². The van der Waals surface area contributed by atoms with Gasteiger partial charge in [-0.3, -0.25) is 9.10 Å². The van der Waals surface area contributed by atoms with Crippen molar-refractivity contribution in [2.45, 2.75) is 71.2 Å². The van der Waals surface area contributed by atoms with Crippen LogP contribution >= 0.6 is 0 Å². The highest BCUT2D eigenvalue weighted by Crippen LogP contribution is 2.32. The number of amides is 1. The van der Waals surface area contributed by atoms with Gasteiger partial charge in [-0.05, 0) is 91.3 Å². The van der Waals surface area contributed by atoms with Gasteiger partial charge >= 0.3 is 0 Å². The van der Waals surface area contributed by atoms with E-state index < -0.39 is 10.0 Å². The van der Waals surface area contributed by atoms with Crippen molar-refractivity contribution < 1.29 is 17.9 Å². The molecule has 0 spiro atoms. The number of aryl methyl sites for hydroxylation is 2. The molecule has 0 saturated heterocycles. The molecule has 6 nitrogen and oxygen atoms in total. The first-order chi connectivity index (χ1) is 17.8. The molecular weight excluding hydrogens is 496 g/mol. The number of hydrogen-bond donors (Lipinski definition) is 1. The third kappa shape index (κ3) is 6.57. The SMILES string of the molecule is COc1cc(C)c([C@H](C)NC(=O)CN(c2ccc(C(C)C)cc2)S(=O)(=O)c2ccc(C)cc2)cc1C(C)C. The zero-order valence-electron chi connectivity index (χ0n) is 23.7. The van der Waals surface area contributed by atoms with Crippen LogP contribution in [0, 0.1) is 13.8 Å². The second-order valence-electron chi connectivity index (χ2n) is 10.5. The summed E-state index contributed by atoms with van der Waals surface area (Å²) in [5, 5.41) is 3.02. The Labute approximate surface area is 228 Å². The Kier molecular flexibility index (Phi) is 9.26. The highest BCUT2D eigenvalue weighted by atomic mass is 32.2. The number of benzene rings is 3. The van der Waals surface area contributed by atoms with Crippen molar-refractivity contribution in [3.8, 4) is 5.75 Å². The molecule has 0 aliphatic carbocycles. The summed E-state index contributed by atoms with van der Waals surface area (Å²) in [6.45, 7) is 13.8. The smallest absolute Gasteiger partial charge is 0.264 e. The standard InChI is InChI=1S/C31H40N2O4S/c1-20(2)25-11-13-26(14-12-25)33(38(35,36)27-15-9-22(5)10-16-27)19-31(34)32-24(7)29-18-28(21(3)4)30(37-8)17-23(29)6/h9-18,20-21,24H,19H2,1-8H3,(H,32,34)/t24-/m0/s1. The summed E-state index contributed by atoms with van der Waals surface area (Å²) in [7, 11) is -2.32. The fourth-order valence-corrected chi connectivity index (χ4v) is 5.90. The van der Waals surface area contributed by atoms with Gasteiger partial charge in [-0.1, -0.05) is 57.5 Å². The third-order valence-corrected chi connectivity index (χ3v) is 8.62. The van der Waals surface area contributed by atoms with Crippen LogP contribution in [0.25, 0.3) is 0 Å². The van der Waals surface area contributed by atoms with Gasteiger partial charge in [0, 0.05) is 0 Å². The van der Waals surface area contributed by atoms with Gasteiger partial charge in [0.05, 0.1) is 23.7 Å². The number of ether oxygens (including phenoxy) is 1. The lowest BCUT2D eigenvalue weighted by atomic mass is 9.93. The minimum Gasteiger partial charge on any atom is -0.496 e. The minimum absolute atomic E-state index is 0.143. The molecule has 3 aromatic rings.